The van der Waals surface area contributed by atoms with Gasteiger partial charge in [0.15, 0.2) is 0 Å². The molecule has 0 saturated carbocycles. The lowest BCUT2D eigenvalue weighted by atomic mass is 10.1. The number of pyridine rings is 4. The number of carbonyl (C=O) groups is 6. The van der Waals surface area contributed by atoms with E-state index in [-0.39, 0.29) is 108 Å². The van der Waals surface area contributed by atoms with E-state index in [2.05, 4.69) is 21.3 Å². The Kier molecular flexibility index (Phi) is 14.5. The number of hydrogen-bond acceptors (Lipinski definition) is 15. The normalized spacial score (nSPS) is 18.5. The number of fused-ring (bicyclic) bond motifs is 2. The number of carbonyl (C=O) groups excluding carboxylic acids is 6. The molecule has 4 aliphatic rings. The fourth-order valence-corrected chi connectivity index (χ4v) is 7.05. The molecule has 0 aliphatic carbocycles. The van der Waals surface area contributed by atoms with Crippen LogP contribution in [0.2, 0.25) is 0 Å². The lowest BCUT2D eigenvalue weighted by Gasteiger charge is -2.26. The minimum Gasteiger partial charge on any atom is -0.425 e. The molecule has 4 aliphatic heterocycles. The van der Waals surface area contributed by atoms with Gasteiger partial charge in [-0.25, -0.2) is 0 Å². The molecule has 4 bridgehead atoms. The van der Waals surface area contributed by atoms with Gasteiger partial charge in [-0.2, -0.15) is 0 Å². The molecule has 344 valence electrons. The summed E-state index contributed by atoms with van der Waals surface area (Å²) in [6.07, 6.45) is 0.558. The summed E-state index contributed by atoms with van der Waals surface area (Å²) < 4.78 is 5.68. The van der Waals surface area contributed by atoms with Crippen LogP contribution >= 0.6 is 0 Å². The molecule has 8 rings (SSSR count). The Bertz CT molecular complexity index is 2580. The summed E-state index contributed by atoms with van der Waals surface area (Å²) in [6.45, 7) is -0.695. The van der Waals surface area contributed by atoms with Crippen LogP contribution in [0.1, 0.15) is 88.4 Å². The van der Waals surface area contributed by atoms with Gasteiger partial charge in [-0.1, -0.05) is 12.1 Å². The van der Waals surface area contributed by atoms with Crippen molar-refractivity contribution >= 4 is 35.4 Å². The SMILES string of the molecule is O=C1N[C@H]2COC[C@H]2NC(=O)c2ccc(n(O)c2=O)C(=O)NCCCN(C(=O)c2cccc(=O)n2O)CCCCN(C(=O)c2cccc(=O)n2O)CCCNC(=O)c2ccc1c(=O)n2O. The molecule has 2 atom stereocenters. The number of aromatic nitrogens is 4. The third kappa shape index (κ3) is 10.4. The summed E-state index contributed by atoms with van der Waals surface area (Å²) in [4.78, 5) is 133. The summed E-state index contributed by atoms with van der Waals surface area (Å²) in [7, 11) is 0. The zero-order valence-corrected chi connectivity index (χ0v) is 34.4. The molecule has 65 heavy (non-hydrogen) atoms. The van der Waals surface area contributed by atoms with Crippen LogP contribution in [0.3, 0.4) is 0 Å². The van der Waals surface area contributed by atoms with Gasteiger partial charge in [0.1, 0.15) is 33.9 Å². The van der Waals surface area contributed by atoms with E-state index in [9.17, 15) is 68.8 Å². The highest BCUT2D eigenvalue weighted by molar-refractivity contribution is 5.98. The van der Waals surface area contributed by atoms with Crippen molar-refractivity contribution < 1.29 is 54.3 Å². The summed E-state index contributed by atoms with van der Waals surface area (Å²) in [6, 6.07) is 9.14. The zero-order chi connectivity index (χ0) is 46.9. The maximum absolute atomic E-state index is 13.7. The molecule has 8 heterocycles. The molecule has 1 fully saturated rings. The van der Waals surface area contributed by atoms with E-state index in [1.165, 1.54) is 34.1 Å². The molecule has 4 aromatic rings. The Morgan fingerprint density at radius 2 is 0.877 bits per heavy atom. The first-order valence-electron chi connectivity index (χ1n) is 20.2. The highest BCUT2D eigenvalue weighted by Gasteiger charge is 2.33. The van der Waals surface area contributed by atoms with Gasteiger partial charge in [0.25, 0.3) is 57.7 Å². The molecule has 0 radical (unpaired) electrons. The molecule has 0 aromatic carbocycles. The number of ether oxygens (including phenoxy) is 1. The molecule has 8 N–H and O–H groups in total. The van der Waals surface area contributed by atoms with Gasteiger partial charge >= 0.3 is 0 Å². The summed E-state index contributed by atoms with van der Waals surface area (Å²) >= 11 is 0. The molecular weight excluding hydrogens is 860 g/mol. The Labute approximate surface area is 365 Å². The lowest BCUT2D eigenvalue weighted by molar-refractivity contribution is 0.0657. The molecule has 4 aromatic heterocycles. The molecule has 0 unspecified atom stereocenters. The third-order valence-corrected chi connectivity index (χ3v) is 10.5. The lowest BCUT2D eigenvalue weighted by Crippen LogP contribution is -2.52. The molecule has 6 amide bonds. The quantitative estimate of drug-likeness (QED) is 0.0967. The fraction of sp³-hybridized carbons (Fsp3) is 0.350. The van der Waals surface area contributed by atoms with Gasteiger partial charge in [-0.05, 0) is 62.1 Å². The van der Waals surface area contributed by atoms with E-state index < -0.39 is 92.3 Å². The number of hydrogen-bond donors (Lipinski definition) is 8. The van der Waals surface area contributed by atoms with Gasteiger partial charge in [-0.15, -0.1) is 18.9 Å². The van der Waals surface area contributed by atoms with Crippen molar-refractivity contribution in [2.45, 2.75) is 37.8 Å². The average molecular weight is 905 g/mol. The van der Waals surface area contributed by atoms with E-state index in [1.807, 2.05) is 0 Å². The molecule has 25 heteroatoms. The van der Waals surface area contributed by atoms with Crippen LogP contribution < -0.4 is 43.5 Å². The number of amides is 6. The second-order valence-electron chi connectivity index (χ2n) is 14.8. The first-order chi connectivity index (χ1) is 31.1. The predicted octanol–water partition coefficient (Wildman–Crippen LogP) is -2.47. The van der Waals surface area contributed by atoms with Gasteiger partial charge in [0.2, 0.25) is 0 Å². The van der Waals surface area contributed by atoms with Gasteiger partial charge in [0, 0.05) is 51.4 Å². The second kappa shape index (κ2) is 20.3. The minimum absolute atomic E-state index is 0.0131. The third-order valence-electron chi connectivity index (χ3n) is 10.5. The standard InChI is InChI=1S/C40H44N10O15/c51-31-9-3-7-29(47(31)61)39(59)45-17-1-2-18-46(40(60)30-8-4-10-32(52)48(30)62)20-6-16-42-36(56)28-14-12-24(38(58)50(28)64)34(54)44-26-22-65-21-25(26)43-33(53)23-11-13-27(49(63)37(23)57)35(55)41-15-5-19-45/h3-4,7-14,25-26,61-64H,1-2,5-6,15-22H2,(H,41,55)(H,42,56)(H,43,53)(H,44,54)/t25-,26+. The highest BCUT2D eigenvalue weighted by Crippen LogP contribution is 2.12. The van der Waals surface area contributed by atoms with Crippen molar-refractivity contribution in [2.24, 2.45) is 0 Å². The van der Waals surface area contributed by atoms with Crippen LogP contribution in [-0.2, 0) is 4.74 Å². The Hall–Kier alpha value is -8.22. The van der Waals surface area contributed by atoms with E-state index in [4.69, 9.17) is 4.74 Å². The van der Waals surface area contributed by atoms with E-state index >= 15 is 0 Å². The van der Waals surface area contributed by atoms with E-state index in [0.29, 0.717) is 0 Å². The van der Waals surface area contributed by atoms with Gasteiger partial charge in [0.05, 0.1) is 25.3 Å². The van der Waals surface area contributed by atoms with Crippen LogP contribution in [0.4, 0.5) is 0 Å². The highest BCUT2D eigenvalue weighted by atomic mass is 16.5. The van der Waals surface area contributed by atoms with Crippen LogP contribution in [0, 0.1) is 0 Å². The maximum Gasteiger partial charge on any atom is 0.296 e. The van der Waals surface area contributed by atoms with Crippen molar-refractivity contribution in [1.29, 1.82) is 0 Å². The molecule has 0 spiro atoms. The zero-order valence-electron chi connectivity index (χ0n) is 34.4. The number of nitrogens with one attached hydrogen (secondary N) is 4. The first-order valence-corrected chi connectivity index (χ1v) is 20.2. The van der Waals surface area contributed by atoms with Gasteiger partial charge in [-0.3, -0.25) is 47.9 Å². The Morgan fingerprint density at radius 1 is 0.492 bits per heavy atom. The molecule has 1 saturated heterocycles. The van der Waals surface area contributed by atoms with E-state index in [0.717, 1.165) is 36.4 Å². The molecular formula is C40H44N10O15. The van der Waals surface area contributed by atoms with Crippen molar-refractivity contribution in [2.75, 3.05) is 52.5 Å². The van der Waals surface area contributed by atoms with Crippen molar-refractivity contribution in [3.8, 4) is 0 Å². The predicted molar refractivity (Wildman–Crippen MR) is 220 cm³/mol. The Morgan fingerprint density at radius 3 is 1.28 bits per heavy atom. The van der Waals surface area contributed by atoms with Crippen LogP contribution in [0.25, 0.3) is 0 Å². The summed E-state index contributed by atoms with van der Waals surface area (Å²) in [5.41, 5.74) is -7.31. The van der Waals surface area contributed by atoms with Gasteiger partial charge < -0.3 is 56.6 Å². The van der Waals surface area contributed by atoms with E-state index in [1.54, 1.807) is 0 Å². The van der Waals surface area contributed by atoms with Crippen LogP contribution in [0.5, 0.6) is 0 Å². The number of rotatable bonds is 2. The molecule has 25 nitrogen and oxygen atoms in total. The monoisotopic (exact) mass is 904 g/mol. The fourth-order valence-electron chi connectivity index (χ4n) is 7.05. The Balaban J connectivity index is 1.27. The second-order valence-corrected chi connectivity index (χ2v) is 14.8. The van der Waals surface area contributed by atoms with Crippen molar-refractivity contribution in [3.63, 3.8) is 0 Å². The minimum atomic E-state index is -1.27. The largest absolute Gasteiger partial charge is 0.425 e. The van der Waals surface area contributed by atoms with Crippen LogP contribution in [0.15, 0.2) is 79.8 Å². The maximum atomic E-state index is 13.7. The summed E-state index contributed by atoms with van der Waals surface area (Å²) in [5.74, 6) is -5.40. The average Bonchev–Trinajstić information content (AvgIpc) is 3.71. The first kappa shape index (κ1) is 46.3. The van der Waals surface area contributed by atoms with Crippen molar-refractivity contribution in [3.05, 3.63) is 136 Å². The summed E-state index contributed by atoms with van der Waals surface area (Å²) in [5, 5.41) is 52.0. The number of nitrogens with zero attached hydrogens (tertiary/aromatic N) is 6. The topological polar surface area (TPSA) is 335 Å². The van der Waals surface area contributed by atoms with Crippen LogP contribution in [-0.4, -0.2) is 150 Å². The van der Waals surface area contributed by atoms with Crippen molar-refractivity contribution in [1.82, 2.24) is 50.0 Å². The smallest absolute Gasteiger partial charge is 0.296 e.